The monoisotopic (exact) mass is 298 g/mol. The van der Waals surface area contributed by atoms with Gasteiger partial charge in [0.05, 0.1) is 12.1 Å². The second-order valence-corrected chi connectivity index (χ2v) is 4.44. The van der Waals surface area contributed by atoms with Gasteiger partial charge < -0.3 is 20.8 Å². The molecule has 1 atom stereocenters. The van der Waals surface area contributed by atoms with Gasteiger partial charge in [0.25, 0.3) is 0 Å². The van der Waals surface area contributed by atoms with E-state index < -0.39 is 30.4 Å². The SMILES string of the molecule is CCc1nn(C)cc1CNC(=O)NC(CC(=O)O)C(=O)O. The van der Waals surface area contributed by atoms with Gasteiger partial charge in [-0.3, -0.25) is 9.48 Å². The fourth-order valence-electron chi connectivity index (χ4n) is 1.79. The van der Waals surface area contributed by atoms with Gasteiger partial charge >= 0.3 is 18.0 Å². The summed E-state index contributed by atoms with van der Waals surface area (Å²) < 4.78 is 1.62. The number of carboxylic acid groups (broad SMARTS) is 2. The maximum Gasteiger partial charge on any atom is 0.326 e. The Balaban J connectivity index is 2.56. The largest absolute Gasteiger partial charge is 0.481 e. The first-order valence-electron chi connectivity index (χ1n) is 6.33. The van der Waals surface area contributed by atoms with E-state index >= 15 is 0 Å². The first-order chi connectivity index (χ1) is 9.83. The predicted molar refractivity (Wildman–Crippen MR) is 71.6 cm³/mol. The number of carbonyl (C=O) groups excluding carboxylic acids is 1. The molecule has 0 spiro atoms. The molecule has 9 nitrogen and oxygen atoms in total. The third kappa shape index (κ3) is 5.13. The zero-order chi connectivity index (χ0) is 16.0. The van der Waals surface area contributed by atoms with Gasteiger partial charge in [-0.2, -0.15) is 5.10 Å². The van der Waals surface area contributed by atoms with Crippen molar-refractivity contribution >= 4 is 18.0 Å². The molecule has 1 unspecified atom stereocenters. The summed E-state index contributed by atoms with van der Waals surface area (Å²) in [6.45, 7) is 2.11. The first-order valence-corrected chi connectivity index (χ1v) is 6.33. The quantitative estimate of drug-likeness (QED) is 0.546. The molecule has 1 aromatic rings. The molecule has 1 aromatic heterocycles. The van der Waals surface area contributed by atoms with Gasteiger partial charge in [0.1, 0.15) is 6.04 Å². The number of hydrogen-bond donors (Lipinski definition) is 4. The number of aryl methyl sites for hydroxylation is 2. The Morgan fingerprint density at radius 3 is 2.57 bits per heavy atom. The maximum absolute atomic E-state index is 11.6. The second-order valence-electron chi connectivity index (χ2n) is 4.44. The molecule has 0 saturated carbocycles. The molecule has 0 fully saturated rings. The number of carboxylic acids is 2. The van der Waals surface area contributed by atoms with E-state index in [1.807, 2.05) is 6.92 Å². The molecule has 4 N–H and O–H groups in total. The van der Waals surface area contributed by atoms with Gasteiger partial charge in [0.2, 0.25) is 0 Å². The minimum Gasteiger partial charge on any atom is -0.481 e. The Hall–Kier alpha value is -2.58. The summed E-state index contributed by atoms with van der Waals surface area (Å²) in [6.07, 6.45) is 1.77. The third-order valence-corrected chi connectivity index (χ3v) is 2.75. The molecule has 9 heteroatoms. The van der Waals surface area contributed by atoms with E-state index in [1.165, 1.54) is 0 Å². The molecule has 1 rings (SSSR count). The average molecular weight is 298 g/mol. The third-order valence-electron chi connectivity index (χ3n) is 2.75. The van der Waals surface area contributed by atoms with Gasteiger partial charge in [-0.15, -0.1) is 0 Å². The highest BCUT2D eigenvalue weighted by molar-refractivity contribution is 5.86. The lowest BCUT2D eigenvalue weighted by Crippen LogP contribution is -2.46. The summed E-state index contributed by atoms with van der Waals surface area (Å²) in [5.74, 6) is -2.70. The van der Waals surface area contributed by atoms with Gasteiger partial charge in [-0.25, -0.2) is 9.59 Å². The van der Waals surface area contributed by atoms with Crippen molar-refractivity contribution in [1.29, 1.82) is 0 Å². The van der Waals surface area contributed by atoms with Crippen LogP contribution in [0.3, 0.4) is 0 Å². The van der Waals surface area contributed by atoms with E-state index in [0.29, 0.717) is 6.42 Å². The predicted octanol–water partition coefficient (Wildman–Crippen LogP) is -0.290. The summed E-state index contributed by atoms with van der Waals surface area (Å²) in [5, 5.41) is 26.2. The number of urea groups is 1. The molecule has 1 heterocycles. The number of carbonyl (C=O) groups is 3. The molecule has 0 saturated heterocycles. The van der Waals surface area contributed by atoms with Gasteiger partial charge in [0, 0.05) is 25.4 Å². The molecule has 0 aliphatic rings. The number of rotatable bonds is 7. The molecule has 0 aliphatic heterocycles. The van der Waals surface area contributed by atoms with E-state index in [-0.39, 0.29) is 6.54 Å². The van der Waals surface area contributed by atoms with Crippen molar-refractivity contribution in [2.75, 3.05) is 0 Å². The smallest absolute Gasteiger partial charge is 0.326 e. The minimum absolute atomic E-state index is 0.183. The van der Waals surface area contributed by atoms with E-state index in [9.17, 15) is 14.4 Å². The summed E-state index contributed by atoms with van der Waals surface area (Å²) in [6, 6.07) is -2.21. The van der Waals surface area contributed by atoms with E-state index in [0.717, 1.165) is 11.3 Å². The van der Waals surface area contributed by atoms with E-state index in [2.05, 4.69) is 15.7 Å². The van der Waals surface area contributed by atoms with Crippen LogP contribution < -0.4 is 10.6 Å². The van der Waals surface area contributed by atoms with Crippen LogP contribution in [0.1, 0.15) is 24.6 Å². The van der Waals surface area contributed by atoms with Gasteiger partial charge in [0.15, 0.2) is 0 Å². The van der Waals surface area contributed by atoms with Crippen molar-refractivity contribution in [3.05, 3.63) is 17.5 Å². The highest BCUT2D eigenvalue weighted by atomic mass is 16.4. The molecule has 116 valence electrons. The molecule has 2 amide bonds. The van der Waals surface area contributed by atoms with Crippen molar-refractivity contribution in [2.24, 2.45) is 7.05 Å². The Morgan fingerprint density at radius 1 is 1.38 bits per heavy atom. The zero-order valence-corrected chi connectivity index (χ0v) is 11.8. The number of nitrogens with zero attached hydrogens (tertiary/aromatic N) is 2. The Morgan fingerprint density at radius 2 is 2.05 bits per heavy atom. The molecule has 0 radical (unpaired) electrons. The molecular weight excluding hydrogens is 280 g/mol. The summed E-state index contributed by atoms with van der Waals surface area (Å²) in [4.78, 5) is 33.0. The molecule has 0 aliphatic carbocycles. The van der Waals surface area contributed by atoms with Crippen LogP contribution in [0.25, 0.3) is 0 Å². The van der Waals surface area contributed by atoms with E-state index in [1.54, 1.807) is 17.9 Å². The molecular formula is C12H18N4O5. The van der Waals surface area contributed by atoms with Crippen LogP contribution in [0, 0.1) is 0 Å². The number of aromatic nitrogens is 2. The van der Waals surface area contributed by atoms with Crippen LogP contribution >= 0.6 is 0 Å². The van der Waals surface area contributed by atoms with Crippen LogP contribution in [0.4, 0.5) is 4.79 Å². The lowest BCUT2D eigenvalue weighted by atomic mass is 10.2. The maximum atomic E-state index is 11.6. The van der Waals surface area contributed by atoms with Crippen molar-refractivity contribution in [3.8, 4) is 0 Å². The Kier molecular flexibility index (Phi) is 5.70. The normalized spacial score (nSPS) is 11.7. The lowest BCUT2D eigenvalue weighted by Gasteiger charge is -2.13. The van der Waals surface area contributed by atoms with Crippen LogP contribution in [-0.4, -0.2) is 44.0 Å². The standard InChI is InChI=1S/C12H18N4O5/c1-3-8-7(6-16(2)15-8)5-13-12(21)14-9(11(19)20)4-10(17)18/h6,9H,3-5H2,1-2H3,(H,17,18)(H,19,20)(H2,13,14,21). The van der Waals surface area contributed by atoms with Crippen molar-refractivity contribution in [1.82, 2.24) is 20.4 Å². The van der Waals surface area contributed by atoms with Crippen LogP contribution in [0.2, 0.25) is 0 Å². The molecule has 0 bridgehead atoms. The summed E-state index contributed by atoms with van der Waals surface area (Å²) >= 11 is 0. The first kappa shape index (κ1) is 16.5. The summed E-state index contributed by atoms with van der Waals surface area (Å²) in [7, 11) is 1.76. The van der Waals surface area contributed by atoms with Crippen LogP contribution in [-0.2, 0) is 29.6 Å². The Labute approximate surface area is 120 Å². The van der Waals surface area contributed by atoms with Crippen LogP contribution in [0.15, 0.2) is 6.20 Å². The average Bonchev–Trinajstić information content (AvgIpc) is 2.75. The number of nitrogens with one attached hydrogen (secondary N) is 2. The van der Waals surface area contributed by atoms with Gasteiger partial charge in [-0.05, 0) is 6.42 Å². The van der Waals surface area contributed by atoms with Crippen molar-refractivity contribution in [3.63, 3.8) is 0 Å². The van der Waals surface area contributed by atoms with Gasteiger partial charge in [-0.1, -0.05) is 6.92 Å². The zero-order valence-electron chi connectivity index (χ0n) is 11.8. The lowest BCUT2D eigenvalue weighted by molar-refractivity contribution is -0.145. The summed E-state index contributed by atoms with van der Waals surface area (Å²) in [5.41, 5.74) is 1.65. The fraction of sp³-hybridized carbons (Fsp3) is 0.500. The minimum atomic E-state index is -1.47. The number of aliphatic carboxylic acids is 2. The van der Waals surface area contributed by atoms with E-state index in [4.69, 9.17) is 10.2 Å². The van der Waals surface area contributed by atoms with Crippen molar-refractivity contribution < 1.29 is 24.6 Å². The fourth-order valence-corrected chi connectivity index (χ4v) is 1.79. The highest BCUT2D eigenvalue weighted by Gasteiger charge is 2.22. The topological polar surface area (TPSA) is 134 Å². The number of amides is 2. The molecule has 21 heavy (non-hydrogen) atoms. The molecule has 0 aromatic carbocycles. The highest BCUT2D eigenvalue weighted by Crippen LogP contribution is 2.06. The second kappa shape index (κ2) is 7.27. The number of hydrogen-bond acceptors (Lipinski definition) is 4. The van der Waals surface area contributed by atoms with Crippen molar-refractivity contribution in [2.45, 2.75) is 32.4 Å². The van der Waals surface area contributed by atoms with Crippen LogP contribution in [0.5, 0.6) is 0 Å². The Bertz CT molecular complexity index is 540.